The minimum absolute atomic E-state index is 0.180. The van der Waals surface area contributed by atoms with Crippen molar-refractivity contribution in [1.82, 2.24) is 24.3 Å². The van der Waals surface area contributed by atoms with E-state index < -0.39 is 0 Å². The van der Waals surface area contributed by atoms with Gasteiger partial charge in [0.15, 0.2) is 5.82 Å². The fraction of sp³-hybridized carbons (Fsp3) is 0.185. The molecule has 3 aromatic rings. The molecule has 0 fully saturated rings. The minimum Gasteiger partial charge on any atom is -0.495 e. The van der Waals surface area contributed by atoms with Gasteiger partial charge < -0.3 is 9.30 Å². The molecule has 0 bridgehead atoms. The number of hydrogen-bond donors (Lipinski definition) is 0. The normalized spacial score (nSPS) is 12.0. The van der Waals surface area contributed by atoms with Crippen molar-refractivity contribution in [3.05, 3.63) is 89.4 Å². The molecule has 1 atom stereocenters. The van der Waals surface area contributed by atoms with Crippen LogP contribution in [0.4, 0.5) is 4.39 Å². The Morgan fingerprint density at radius 2 is 1.83 bits per heavy atom. The third-order valence-corrected chi connectivity index (χ3v) is 6.43. The van der Waals surface area contributed by atoms with Gasteiger partial charge in [-0.15, -0.1) is 10.2 Å². The molecule has 2 aliphatic rings. The van der Waals surface area contributed by atoms with E-state index in [4.69, 9.17) is 4.74 Å². The summed E-state index contributed by atoms with van der Waals surface area (Å²) in [5.41, 5.74) is 6.46. The topological polar surface area (TPSA) is 81.5 Å². The largest absolute Gasteiger partial charge is 0.495 e. The molecule has 0 N–H and O–H groups in total. The first-order valence-electron chi connectivity index (χ1n) is 11.1. The van der Waals surface area contributed by atoms with Crippen LogP contribution in [0.3, 0.4) is 0 Å². The number of aryl methyl sites for hydroxylation is 1. The Kier molecular flexibility index (Phi) is 5.53. The van der Waals surface area contributed by atoms with Crippen LogP contribution in [0.2, 0.25) is 0 Å². The van der Waals surface area contributed by atoms with E-state index in [1.165, 1.54) is 12.1 Å². The smallest absolute Gasteiger partial charge is 0.165 e. The van der Waals surface area contributed by atoms with Gasteiger partial charge >= 0.3 is 0 Å². The first-order valence-corrected chi connectivity index (χ1v) is 11.1. The van der Waals surface area contributed by atoms with Crippen LogP contribution in [0.25, 0.3) is 28.3 Å². The standard InChI is InChI=1S/C27H23FN6O/c1-16-17(2)34(15-30-16)24-10-7-21(12-25(24)35-4)26-23-11-19(13-29)14-33(27(23)32-31-26)18(3)20-5-8-22(28)9-6-20/h5-12,14-15,18H,1-4H3/t18-/m0/s1. The van der Waals surface area contributed by atoms with Crippen molar-refractivity contribution < 1.29 is 9.13 Å². The van der Waals surface area contributed by atoms with E-state index in [1.807, 2.05) is 48.1 Å². The summed E-state index contributed by atoms with van der Waals surface area (Å²) in [6, 6.07) is 16.0. The lowest BCUT2D eigenvalue weighted by Gasteiger charge is -2.20. The van der Waals surface area contributed by atoms with Crippen molar-refractivity contribution >= 4 is 0 Å². The Balaban J connectivity index is 1.60. The van der Waals surface area contributed by atoms with Gasteiger partial charge in [0.05, 0.1) is 36.4 Å². The summed E-state index contributed by atoms with van der Waals surface area (Å²) in [6.45, 7) is 5.96. The molecule has 0 saturated carbocycles. The SMILES string of the molecule is COc1cc(-c2nnc3n([C@@H](C)c4ccc(F)cc4)cc(C#N)cc2-3)ccc1-n1cnc(C)c1C. The van der Waals surface area contributed by atoms with Crippen LogP contribution in [0.15, 0.2) is 61.1 Å². The van der Waals surface area contributed by atoms with Gasteiger partial charge in [0.25, 0.3) is 0 Å². The lowest BCUT2D eigenvalue weighted by Crippen LogP contribution is -2.11. The highest BCUT2D eigenvalue weighted by Gasteiger charge is 2.23. The van der Waals surface area contributed by atoms with Gasteiger partial charge in [-0.25, -0.2) is 9.37 Å². The van der Waals surface area contributed by atoms with E-state index >= 15 is 0 Å². The molecule has 0 unspecified atom stereocenters. The van der Waals surface area contributed by atoms with Crippen molar-refractivity contribution in [2.45, 2.75) is 26.8 Å². The van der Waals surface area contributed by atoms with Crippen molar-refractivity contribution in [2.24, 2.45) is 0 Å². The quantitative estimate of drug-likeness (QED) is 0.343. The molecule has 8 heteroatoms. The zero-order chi connectivity index (χ0) is 24.7. The summed E-state index contributed by atoms with van der Waals surface area (Å²) < 4.78 is 23.0. The maximum absolute atomic E-state index is 13.4. The number of nitriles is 1. The Labute approximate surface area is 202 Å². The number of halogens is 1. The van der Waals surface area contributed by atoms with Crippen molar-refractivity contribution in [3.8, 4) is 40.2 Å². The third kappa shape index (κ3) is 3.81. The molecule has 5 rings (SSSR count). The third-order valence-electron chi connectivity index (χ3n) is 6.43. The zero-order valence-corrected chi connectivity index (χ0v) is 19.8. The van der Waals surface area contributed by atoms with Crippen LogP contribution in [0.1, 0.15) is 35.5 Å². The molecule has 174 valence electrons. The molecule has 0 radical (unpaired) electrons. The molecular formula is C27H23FN6O. The first-order chi connectivity index (χ1) is 16.9. The van der Waals surface area contributed by atoms with Gasteiger partial charge in [0.2, 0.25) is 0 Å². The summed E-state index contributed by atoms with van der Waals surface area (Å²) >= 11 is 0. The molecular weight excluding hydrogens is 443 g/mol. The van der Waals surface area contributed by atoms with Crippen molar-refractivity contribution in [3.63, 3.8) is 0 Å². The first kappa shape index (κ1) is 22.3. The summed E-state index contributed by atoms with van der Waals surface area (Å²) in [5.74, 6) is 1.01. The van der Waals surface area contributed by atoms with E-state index in [2.05, 4.69) is 21.3 Å². The van der Waals surface area contributed by atoms with E-state index in [9.17, 15) is 9.65 Å². The fourth-order valence-electron chi connectivity index (χ4n) is 4.28. The Morgan fingerprint density at radius 3 is 2.49 bits per heavy atom. The van der Waals surface area contributed by atoms with Gasteiger partial charge in [0, 0.05) is 23.0 Å². The summed E-state index contributed by atoms with van der Waals surface area (Å²) in [6.07, 6.45) is 3.53. The number of nitrogens with zero attached hydrogens (tertiary/aromatic N) is 6. The second-order valence-electron chi connectivity index (χ2n) is 8.43. The molecule has 7 nitrogen and oxygen atoms in total. The van der Waals surface area contributed by atoms with Gasteiger partial charge in [-0.05, 0) is 56.7 Å². The molecule has 35 heavy (non-hydrogen) atoms. The molecule has 1 aromatic heterocycles. The highest BCUT2D eigenvalue weighted by molar-refractivity contribution is 5.81. The van der Waals surface area contributed by atoms with E-state index in [1.54, 1.807) is 37.8 Å². The van der Waals surface area contributed by atoms with Gasteiger partial charge in [-0.2, -0.15) is 5.26 Å². The van der Waals surface area contributed by atoms with E-state index in [-0.39, 0.29) is 11.9 Å². The molecule has 2 aromatic carbocycles. The van der Waals surface area contributed by atoms with Crippen LogP contribution in [-0.2, 0) is 0 Å². The van der Waals surface area contributed by atoms with Crippen LogP contribution in [0.5, 0.6) is 5.75 Å². The van der Waals surface area contributed by atoms with Crippen molar-refractivity contribution in [1.29, 1.82) is 5.26 Å². The highest BCUT2D eigenvalue weighted by Crippen LogP contribution is 2.37. The van der Waals surface area contributed by atoms with E-state index in [0.29, 0.717) is 22.8 Å². The predicted octanol–water partition coefficient (Wildman–Crippen LogP) is 5.48. The average molecular weight is 467 g/mol. The number of methoxy groups -OCH3 is 1. The summed E-state index contributed by atoms with van der Waals surface area (Å²) in [4.78, 5) is 4.39. The fourth-order valence-corrected chi connectivity index (χ4v) is 4.28. The second-order valence-corrected chi connectivity index (χ2v) is 8.43. The summed E-state index contributed by atoms with van der Waals surface area (Å²) in [5, 5.41) is 18.6. The summed E-state index contributed by atoms with van der Waals surface area (Å²) in [7, 11) is 1.63. The lowest BCUT2D eigenvalue weighted by molar-refractivity contribution is 0.413. The predicted molar refractivity (Wildman–Crippen MR) is 130 cm³/mol. The van der Waals surface area contributed by atoms with Crippen LogP contribution < -0.4 is 4.74 Å². The highest BCUT2D eigenvalue weighted by atomic mass is 19.1. The molecule has 0 aliphatic carbocycles. The Morgan fingerprint density at radius 1 is 1.06 bits per heavy atom. The Hall–Kier alpha value is -4.51. The zero-order valence-electron chi connectivity index (χ0n) is 19.8. The maximum atomic E-state index is 13.4. The lowest BCUT2D eigenvalue weighted by atomic mass is 10.0. The van der Waals surface area contributed by atoms with Crippen LogP contribution in [0, 0.1) is 31.0 Å². The monoisotopic (exact) mass is 466 g/mol. The minimum atomic E-state index is -0.296. The van der Waals surface area contributed by atoms with Crippen LogP contribution >= 0.6 is 0 Å². The second kappa shape index (κ2) is 8.69. The number of hydrogen-bond acceptors (Lipinski definition) is 5. The van der Waals surface area contributed by atoms with Gasteiger partial charge in [0.1, 0.15) is 23.3 Å². The van der Waals surface area contributed by atoms with Crippen molar-refractivity contribution in [2.75, 3.05) is 7.11 Å². The number of fused-ring (bicyclic) bond motifs is 1. The maximum Gasteiger partial charge on any atom is 0.165 e. The van der Waals surface area contributed by atoms with E-state index in [0.717, 1.165) is 33.8 Å². The number of ether oxygens (including phenoxy) is 1. The number of imidazole rings is 1. The number of aromatic nitrogens is 5. The molecule has 0 spiro atoms. The molecule has 2 aliphatic heterocycles. The number of benzene rings is 2. The molecule has 0 saturated heterocycles. The Bertz CT molecular complexity index is 1540. The van der Waals surface area contributed by atoms with Crippen LogP contribution in [-0.4, -0.2) is 31.4 Å². The molecule has 0 amide bonds. The average Bonchev–Trinajstić information content (AvgIpc) is 3.46. The van der Waals surface area contributed by atoms with Gasteiger partial charge in [-0.3, -0.25) is 4.57 Å². The molecule has 3 heterocycles. The van der Waals surface area contributed by atoms with Gasteiger partial charge in [-0.1, -0.05) is 18.2 Å². The number of rotatable bonds is 5. The number of pyridine rings is 1.